The average Bonchev–Trinajstić information content (AvgIpc) is 2.07. The normalized spacial score (nSPS) is 34.1. The summed E-state index contributed by atoms with van der Waals surface area (Å²) < 4.78 is 77.4. The van der Waals surface area contributed by atoms with E-state index in [9.17, 15) is 15.0 Å². The Labute approximate surface area is 82.1 Å². The molecule has 1 N–H and O–H groups in total. The van der Waals surface area contributed by atoms with Gasteiger partial charge >= 0.3 is 0 Å². The van der Waals surface area contributed by atoms with Gasteiger partial charge in [0.2, 0.25) is 0 Å². The maximum atomic E-state index is 10.5. The predicted octanol–water partition coefficient (Wildman–Crippen LogP) is -1.81. The predicted molar refractivity (Wildman–Crippen MR) is 38.5 cm³/mol. The molecule has 0 radical (unpaired) electrons. The fourth-order valence-corrected chi connectivity index (χ4v) is 0.427. The lowest BCUT2D eigenvalue weighted by Crippen LogP contribution is -2.43. The first kappa shape index (κ1) is 2.20. The van der Waals surface area contributed by atoms with E-state index in [0.717, 1.165) is 0 Å². The van der Waals surface area contributed by atoms with Crippen LogP contribution in [-0.2, 0) is 4.79 Å². The van der Waals surface area contributed by atoms with Crippen molar-refractivity contribution in [1.82, 2.24) is 0 Å². The first-order chi connectivity index (χ1) is 9.34. The number of nitrogens with zero attached hydrogens (tertiary/aromatic N) is 1. The van der Waals surface area contributed by atoms with Gasteiger partial charge in [0.05, 0.1) is 36.0 Å². The number of carboxylic acid groups (broad SMARTS) is 1. The lowest BCUT2D eigenvalue weighted by Gasteiger charge is -2.26. The smallest absolute Gasteiger partial charge is 0.108 e. The average molecular weight is 172 g/mol. The molecule has 0 aliphatic carbocycles. The van der Waals surface area contributed by atoms with Crippen LogP contribution in [0.4, 0.5) is 0 Å². The van der Waals surface area contributed by atoms with Gasteiger partial charge in [-0.05, 0) is 0 Å². The maximum Gasteiger partial charge on any atom is 0.108 e. The van der Waals surface area contributed by atoms with Gasteiger partial charge in [-0.2, -0.15) is 0 Å². The second-order valence-electron chi connectivity index (χ2n) is 1.89. The first-order valence-corrected chi connectivity index (χ1v) is 2.61. The summed E-state index contributed by atoms with van der Waals surface area (Å²) in [4.78, 5) is 10.5. The van der Waals surface area contributed by atoms with Crippen LogP contribution in [0.15, 0.2) is 0 Å². The van der Waals surface area contributed by atoms with Crippen molar-refractivity contribution in [3.05, 3.63) is 0 Å². The molecule has 0 rings (SSSR count). The zero-order valence-electron chi connectivity index (χ0n) is 16.5. The number of likely N-dealkylation sites (N-methyl/N-ethyl adjacent to an activating group) is 1. The van der Waals surface area contributed by atoms with Crippen molar-refractivity contribution in [2.75, 3.05) is 27.4 Å². The molecule has 1 atom stereocenters. The van der Waals surface area contributed by atoms with E-state index < -0.39 is 50.4 Å². The number of carboxylic acids is 1. The molecule has 0 aromatic heterocycles. The zero-order valence-corrected chi connectivity index (χ0v) is 5.50. The molecule has 0 aromatic carbocycles. The Bertz CT molecular complexity index is 387. The van der Waals surface area contributed by atoms with Crippen LogP contribution < -0.4 is 5.11 Å². The molecule has 0 saturated carbocycles. The Morgan fingerprint density at radius 1 is 1.82 bits per heavy atom. The molecule has 4 nitrogen and oxygen atoms in total. The van der Waals surface area contributed by atoms with E-state index in [1.165, 1.54) is 0 Å². The van der Waals surface area contributed by atoms with Crippen LogP contribution in [0.2, 0.25) is 0 Å². The van der Waals surface area contributed by atoms with Gasteiger partial charge in [0.25, 0.3) is 0 Å². The number of aliphatic hydroxyl groups excluding tert-OH is 1. The Hall–Kier alpha value is -0.610. The molecular weight excluding hydrogens is 146 g/mol. The Morgan fingerprint density at radius 3 is 2.73 bits per heavy atom. The molecule has 11 heavy (non-hydrogen) atoms. The number of carbonyl (C=O) groups excluding carboxylic acids is 1. The van der Waals surface area contributed by atoms with Crippen molar-refractivity contribution in [3.8, 4) is 0 Å². The molecule has 0 bridgehead atoms. The van der Waals surface area contributed by atoms with E-state index in [1.807, 2.05) is 0 Å². The number of aliphatic hydroxyl groups is 1. The van der Waals surface area contributed by atoms with Gasteiger partial charge in [0.15, 0.2) is 0 Å². The number of hydrogen-bond donors (Lipinski definition) is 1. The summed E-state index contributed by atoms with van der Waals surface area (Å²) in [5.41, 5.74) is 0. The van der Waals surface area contributed by atoms with Crippen LogP contribution in [-0.4, -0.2) is 49.1 Å². The van der Waals surface area contributed by atoms with Crippen LogP contribution in [0.5, 0.6) is 0 Å². The summed E-state index contributed by atoms with van der Waals surface area (Å²) in [6, 6.07) is 0. The van der Waals surface area contributed by atoms with Crippen molar-refractivity contribution in [2.24, 2.45) is 0 Å². The molecule has 0 spiro atoms. The van der Waals surface area contributed by atoms with Crippen molar-refractivity contribution in [2.45, 2.75) is 12.5 Å². The van der Waals surface area contributed by atoms with Gasteiger partial charge in [-0.3, -0.25) is 0 Å². The van der Waals surface area contributed by atoms with Crippen molar-refractivity contribution in [1.29, 1.82) is 0 Å². The summed E-state index contributed by atoms with van der Waals surface area (Å²) >= 11 is 0. The summed E-state index contributed by atoms with van der Waals surface area (Å²) in [5.74, 6) is -2.00. The molecule has 0 heterocycles. The number of quaternary nitrogens is 1. The van der Waals surface area contributed by atoms with Gasteiger partial charge in [-0.15, -0.1) is 0 Å². The summed E-state index contributed by atoms with van der Waals surface area (Å²) in [6.07, 6.45) is -4.21. The number of aliphatic carboxylic acids is 1. The van der Waals surface area contributed by atoms with Crippen LogP contribution in [0.1, 0.15) is 21.5 Å². The fraction of sp³-hybridized carbons (Fsp3) is 0.857. The third-order valence-electron chi connectivity index (χ3n) is 0.703. The minimum absolute atomic E-state index is 1.48. The molecule has 0 aliphatic heterocycles. The molecule has 0 amide bonds. The van der Waals surface area contributed by atoms with E-state index in [-0.39, 0.29) is 0 Å². The minimum atomic E-state index is -3.95. The lowest BCUT2D eigenvalue weighted by molar-refractivity contribution is -0.873. The highest BCUT2D eigenvalue weighted by Gasteiger charge is 2.14. The summed E-state index contributed by atoms with van der Waals surface area (Å²) in [7, 11) is 0. The third-order valence-corrected chi connectivity index (χ3v) is 0.703. The zero-order chi connectivity index (χ0) is 18.4. The second kappa shape index (κ2) is 3.69. The van der Waals surface area contributed by atoms with Gasteiger partial charge in [0.1, 0.15) is 12.6 Å². The highest BCUT2D eigenvalue weighted by Crippen LogP contribution is 1.97. The van der Waals surface area contributed by atoms with Crippen LogP contribution >= 0.6 is 0 Å². The number of carbonyl (C=O) groups is 1. The van der Waals surface area contributed by atoms with Gasteiger partial charge in [0, 0.05) is 12.4 Å². The Morgan fingerprint density at radius 2 is 2.36 bits per heavy atom. The fourth-order valence-electron chi connectivity index (χ4n) is 0.427. The minimum Gasteiger partial charge on any atom is -0.550 e. The molecular formula is C7H15NO3. The standard InChI is InChI=1S/C7H15NO3/c1-8(2,3)5-6(9)4-7(10)11/h6,9H,4-5H2,1-3H3/t6-/m1/s1/i1D3,2D3,3D3,5D2. The largest absolute Gasteiger partial charge is 0.550 e. The lowest BCUT2D eigenvalue weighted by atomic mass is 10.2. The van der Waals surface area contributed by atoms with Gasteiger partial charge < -0.3 is 19.5 Å². The number of rotatable bonds is 4. The SMILES string of the molecule is [2H]C([2H])([2H])[N+](C([2H])([2H])[2H])(C([2H])([2H])[2H])C([2H])([2H])[C@H](O)CC(=O)[O-]. The maximum absolute atomic E-state index is 10.5. The molecule has 66 valence electrons. The van der Waals surface area contributed by atoms with Crippen molar-refractivity contribution in [3.63, 3.8) is 0 Å². The molecule has 0 aromatic rings. The van der Waals surface area contributed by atoms with Gasteiger partial charge in [-0.25, -0.2) is 0 Å². The van der Waals surface area contributed by atoms with Crippen LogP contribution in [0.25, 0.3) is 0 Å². The second-order valence-corrected chi connectivity index (χ2v) is 1.89. The molecule has 0 fully saturated rings. The molecule has 4 heteroatoms. The van der Waals surface area contributed by atoms with E-state index in [1.54, 1.807) is 0 Å². The van der Waals surface area contributed by atoms with Crippen LogP contribution in [0.3, 0.4) is 0 Å². The first-order valence-electron chi connectivity index (χ1n) is 8.11. The van der Waals surface area contributed by atoms with E-state index in [0.29, 0.717) is 0 Å². The van der Waals surface area contributed by atoms with Gasteiger partial charge in [-0.1, -0.05) is 0 Å². The molecule has 0 unspecified atom stereocenters. The van der Waals surface area contributed by atoms with E-state index >= 15 is 0 Å². The van der Waals surface area contributed by atoms with Crippen molar-refractivity contribution < 1.29 is 34.6 Å². The topological polar surface area (TPSA) is 60.4 Å². The highest BCUT2D eigenvalue weighted by molar-refractivity contribution is 5.64. The monoisotopic (exact) mass is 172 g/mol. The molecule has 0 saturated heterocycles. The summed E-state index contributed by atoms with van der Waals surface area (Å²) in [6.45, 7) is -15.7. The van der Waals surface area contributed by atoms with E-state index in [2.05, 4.69) is 0 Å². The Kier molecular flexibility index (Phi) is 0.738. The van der Waals surface area contributed by atoms with E-state index in [4.69, 9.17) is 15.1 Å². The third kappa shape index (κ3) is 7.29. The van der Waals surface area contributed by atoms with Crippen molar-refractivity contribution >= 4 is 5.97 Å². The summed E-state index contributed by atoms with van der Waals surface area (Å²) in [5, 5.41) is 20.1. The van der Waals surface area contributed by atoms with Crippen LogP contribution in [0, 0.1) is 0 Å². The Balaban J connectivity index is 6.61. The highest BCUT2D eigenvalue weighted by atomic mass is 16.4. The molecule has 0 aliphatic rings. The number of hydrogen-bond acceptors (Lipinski definition) is 3. The quantitative estimate of drug-likeness (QED) is 0.509.